The van der Waals surface area contributed by atoms with E-state index >= 15 is 0 Å². The van der Waals surface area contributed by atoms with Crippen molar-refractivity contribution in [2.24, 2.45) is 0 Å². The van der Waals surface area contributed by atoms with Crippen LogP contribution in [0.25, 0.3) is 0 Å². The number of likely N-dealkylation sites (tertiary alicyclic amines) is 1. The molecule has 1 aromatic heterocycles. The number of aryl methyl sites for hydroxylation is 2. The highest BCUT2D eigenvalue weighted by Crippen LogP contribution is 2.40. The number of fused-ring (bicyclic) bond motifs is 1. The molecule has 0 N–H and O–H groups in total. The summed E-state index contributed by atoms with van der Waals surface area (Å²) < 4.78 is 5.40. The molecule has 1 aliphatic heterocycles. The molecule has 2 fully saturated rings. The van der Waals surface area contributed by atoms with Gasteiger partial charge in [0, 0.05) is 18.0 Å². The SMILES string of the molecule is O=C(c1ccc2c(c1)CCC2)N1CCC[C@@H]1c1noc(C2CC2)n1. The summed E-state index contributed by atoms with van der Waals surface area (Å²) in [6, 6.07) is 6.15. The molecule has 1 amide bonds. The molecule has 0 unspecified atom stereocenters. The second-order valence-corrected chi connectivity index (χ2v) is 7.26. The van der Waals surface area contributed by atoms with Gasteiger partial charge in [-0.2, -0.15) is 4.98 Å². The molecule has 5 nitrogen and oxygen atoms in total. The number of hydrogen-bond acceptors (Lipinski definition) is 4. The van der Waals surface area contributed by atoms with Crippen molar-refractivity contribution in [2.75, 3.05) is 6.54 Å². The van der Waals surface area contributed by atoms with Crippen molar-refractivity contribution in [1.82, 2.24) is 15.0 Å². The Labute approximate surface area is 141 Å². The molecule has 1 saturated carbocycles. The fourth-order valence-corrected chi connectivity index (χ4v) is 4.03. The van der Waals surface area contributed by atoms with Crippen LogP contribution >= 0.6 is 0 Å². The molecule has 124 valence electrons. The van der Waals surface area contributed by atoms with Gasteiger partial charge in [-0.05, 0) is 68.2 Å². The van der Waals surface area contributed by atoms with Gasteiger partial charge in [0.1, 0.15) is 0 Å². The van der Waals surface area contributed by atoms with E-state index in [2.05, 4.69) is 22.3 Å². The third kappa shape index (κ3) is 2.34. The van der Waals surface area contributed by atoms with Crippen molar-refractivity contribution < 1.29 is 9.32 Å². The Kier molecular flexibility index (Phi) is 3.21. The van der Waals surface area contributed by atoms with Gasteiger partial charge >= 0.3 is 0 Å². The third-order valence-corrected chi connectivity index (χ3v) is 5.54. The van der Waals surface area contributed by atoms with Crippen molar-refractivity contribution in [2.45, 2.75) is 56.9 Å². The molecular weight excluding hydrogens is 302 g/mol. The van der Waals surface area contributed by atoms with E-state index in [1.807, 2.05) is 11.0 Å². The Morgan fingerprint density at radius 1 is 1.12 bits per heavy atom. The zero-order valence-electron chi connectivity index (χ0n) is 13.7. The lowest BCUT2D eigenvalue weighted by Crippen LogP contribution is -2.31. The third-order valence-electron chi connectivity index (χ3n) is 5.54. The highest BCUT2D eigenvalue weighted by atomic mass is 16.5. The van der Waals surface area contributed by atoms with Gasteiger partial charge in [-0.3, -0.25) is 4.79 Å². The summed E-state index contributed by atoms with van der Waals surface area (Å²) in [7, 11) is 0. The number of carbonyl (C=O) groups excluding carboxylic acids is 1. The van der Waals surface area contributed by atoms with Crippen LogP contribution in [0.5, 0.6) is 0 Å². The average Bonchev–Trinajstić information content (AvgIpc) is 3.06. The van der Waals surface area contributed by atoms with Crippen molar-refractivity contribution in [3.63, 3.8) is 0 Å². The van der Waals surface area contributed by atoms with Crippen LogP contribution in [0.2, 0.25) is 0 Å². The van der Waals surface area contributed by atoms with Crippen LogP contribution in [0.3, 0.4) is 0 Å². The lowest BCUT2D eigenvalue weighted by atomic mass is 10.1. The van der Waals surface area contributed by atoms with Gasteiger partial charge in [0.2, 0.25) is 5.89 Å². The van der Waals surface area contributed by atoms with Gasteiger partial charge < -0.3 is 9.42 Å². The number of carbonyl (C=O) groups is 1. The average molecular weight is 323 g/mol. The Morgan fingerprint density at radius 3 is 2.88 bits per heavy atom. The van der Waals surface area contributed by atoms with Crippen LogP contribution in [0.15, 0.2) is 22.7 Å². The minimum absolute atomic E-state index is 0.0398. The maximum atomic E-state index is 13.0. The minimum Gasteiger partial charge on any atom is -0.339 e. The summed E-state index contributed by atoms with van der Waals surface area (Å²) in [6.45, 7) is 0.772. The second-order valence-electron chi connectivity index (χ2n) is 7.26. The molecule has 2 aromatic rings. The molecule has 24 heavy (non-hydrogen) atoms. The molecule has 2 aliphatic carbocycles. The summed E-state index contributed by atoms with van der Waals surface area (Å²) in [5.74, 6) is 1.99. The Bertz CT molecular complexity index is 794. The molecule has 3 aliphatic rings. The molecule has 5 rings (SSSR count). The van der Waals surface area contributed by atoms with E-state index in [1.54, 1.807) is 0 Å². The Hall–Kier alpha value is -2.17. The fourth-order valence-electron chi connectivity index (χ4n) is 4.03. The first-order valence-electron chi connectivity index (χ1n) is 9.06. The van der Waals surface area contributed by atoms with Gasteiger partial charge in [-0.1, -0.05) is 11.2 Å². The number of hydrogen-bond donors (Lipinski definition) is 0. The first-order chi connectivity index (χ1) is 11.8. The van der Waals surface area contributed by atoms with Crippen molar-refractivity contribution in [1.29, 1.82) is 0 Å². The molecule has 2 heterocycles. The lowest BCUT2D eigenvalue weighted by molar-refractivity contribution is 0.0728. The van der Waals surface area contributed by atoms with Crippen molar-refractivity contribution in [3.05, 3.63) is 46.6 Å². The topological polar surface area (TPSA) is 59.2 Å². The maximum Gasteiger partial charge on any atom is 0.254 e. The van der Waals surface area contributed by atoms with E-state index < -0.39 is 0 Å². The first-order valence-corrected chi connectivity index (χ1v) is 9.06. The summed E-state index contributed by atoms with van der Waals surface area (Å²) in [4.78, 5) is 19.5. The van der Waals surface area contributed by atoms with E-state index in [9.17, 15) is 4.79 Å². The molecule has 1 saturated heterocycles. The Morgan fingerprint density at radius 2 is 2.00 bits per heavy atom. The van der Waals surface area contributed by atoms with Crippen LogP contribution in [-0.2, 0) is 12.8 Å². The summed E-state index contributed by atoms with van der Waals surface area (Å²) >= 11 is 0. The van der Waals surface area contributed by atoms with Crippen molar-refractivity contribution in [3.8, 4) is 0 Å². The predicted octanol–water partition coefficient (Wildman–Crippen LogP) is 3.41. The summed E-state index contributed by atoms with van der Waals surface area (Å²) in [5, 5.41) is 4.16. The fraction of sp³-hybridized carbons (Fsp3) is 0.526. The minimum atomic E-state index is -0.0398. The standard InChI is InChI=1S/C19H21N3O2/c23-19(15-9-6-12-3-1-4-14(12)11-15)22-10-2-5-16(22)17-20-18(24-21-17)13-7-8-13/h6,9,11,13,16H,1-5,7-8,10H2/t16-/m1/s1. The lowest BCUT2D eigenvalue weighted by Gasteiger charge is -2.22. The van der Waals surface area contributed by atoms with Crippen LogP contribution in [-0.4, -0.2) is 27.5 Å². The van der Waals surface area contributed by atoms with E-state index in [0.717, 1.165) is 56.5 Å². The highest BCUT2D eigenvalue weighted by molar-refractivity contribution is 5.95. The zero-order chi connectivity index (χ0) is 16.1. The number of rotatable bonds is 3. The van der Waals surface area contributed by atoms with Gasteiger partial charge in [0.05, 0.1) is 6.04 Å². The normalized spacial score (nSPS) is 22.8. The quantitative estimate of drug-likeness (QED) is 0.868. The van der Waals surface area contributed by atoms with E-state index in [0.29, 0.717) is 11.7 Å². The predicted molar refractivity (Wildman–Crippen MR) is 87.8 cm³/mol. The molecule has 1 atom stereocenters. The van der Waals surface area contributed by atoms with Crippen LogP contribution in [0.1, 0.15) is 77.3 Å². The largest absolute Gasteiger partial charge is 0.339 e. The number of aromatic nitrogens is 2. The number of benzene rings is 1. The monoisotopic (exact) mass is 323 g/mol. The number of amides is 1. The molecular formula is C19H21N3O2. The maximum absolute atomic E-state index is 13.0. The van der Waals surface area contributed by atoms with Gasteiger partial charge in [0.15, 0.2) is 5.82 Å². The first kappa shape index (κ1) is 14.2. The smallest absolute Gasteiger partial charge is 0.254 e. The van der Waals surface area contributed by atoms with Gasteiger partial charge in [-0.25, -0.2) is 0 Å². The molecule has 1 aromatic carbocycles. The van der Waals surface area contributed by atoms with E-state index in [4.69, 9.17) is 4.52 Å². The van der Waals surface area contributed by atoms with Crippen LogP contribution in [0, 0.1) is 0 Å². The highest BCUT2D eigenvalue weighted by Gasteiger charge is 2.36. The molecule has 5 heteroatoms. The second kappa shape index (κ2) is 5.43. The molecule has 0 radical (unpaired) electrons. The van der Waals surface area contributed by atoms with Gasteiger partial charge in [-0.15, -0.1) is 0 Å². The Balaban J connectivity index is 1.40. The van der Waals surface area contributed by atoms with Crippen molar-refractivity contribution >= 4 is 5.91 Å². The molecule has 0 bridgehead atoms. The van der Waals surface area contributed by atoms with Crippen LogP contribution in [0.4, 0.5) is 0 Å². The van der Waals surface area contributed by atoms with E-state index in [-0.39, 0.29) is 11.9 Å². The summed E-state index contributed by atoms with van der Waals surface area (Å²) in [5.41, 5.74) is 3.54. The number of nitrogens with zero attached hydrogens (tertiary/aromatic N) is 3. The zero-order valence-corrected chi connectivity index (χ0v) is 13.7. The van der Waals surface area contributed by atoms with E-state index in [1.165, 1.54) is 17.5 Å². The summed E-state index contributed by atoms with van der Waals surface area (Å²) in [6.07, 6.45) is 7.63. The molecule has 0 spiro atoms. The van der Waals surface area contributed by atoms with Crippen LogP contribution < -0.4 is 0 Å². The van der Waals surface area contributed by atoms with Gasteiger partial charge in [0.25, 0.3) is 5.91 Å².